The first kappa shape index (κ1) is 15.6. The summed E-state index contributed by atoms with van der Waals surface area (Å²) in [5.74, 6) is 2.64. The molecule has 3 nitrogen and oxygen atoms in total. The Hall–Kier alpha value is -2.33. The minimum absolute atomic E-state index is 0.293. The molecule has 0 aliphatic heterocycles. The lowest BCUT2D eigenvalue weighted by Gasteiger charge is -2.10. The van der Waals surface area contributed by atoms with E-state index in [9.17, 15) is 5.11 Å². The van der Waals surface area contributed by atoms with E-state index in [4.69, 9.17) is 9.47 Å². The number of hydrogen-bond acceptors (Lipinski definition) is 4. The van der Waals surface area contributed by atoms with Crippen molar-refractivity contribution in [3.05, 3.63) is 60.2 Å². The molecule has 0 fully saturated rings. The van der Waals surface area contributed by atoms with Crippen molar-refractivity contribution in [2.45, 2.75) is 10.6 Å². The van der Waals surface area contributed by atoms with Crippen LogP contribution in [0.3, 0.4) is 0 Å². The molecule has 3 aromatic carbocycles. The number of rotatable bonds is 5. The molecule has 0 atom stereocenters. The summed E-state index contributed by atoms with van der Waals surface area (Å²) in [7, 11) is 3.29. The van der Waals surface area contributed by atoms with Gasteiger partial charge in [0, 0.05) is 10.6 Å². The van der Waals surface area contributed by atoms with Gasteiger partial charge in [-0.25, -0.2) is 0 Å². The summed E-state index contributed by atoms with van der Waals surface area (Å²) < 4.78 is 10.7. The third-order valence-corrected chi connectivity index (χ3v) is 4.73. The lowest BCUT2D eigenvalue weighted by molar-refractivity contribution is 0.356. The summed E-state index contributed by atoms with van der Waals surface area (Å²) in [6.07, 6.45) is 0. The molecule has 4 heteroatoms. The van der Waals surface area contributed by atoms with E-state index in [1.165, 1.54) is 5.56 Å². The molecule has 0 aliphatic carbocycles. The van der Waals surface area contributed by atoms with Crippen LogP contribution in [0.4, 0.5) is 0 Å². The molecule has 0 saturated carbocycles. The highest BCUT2D eigenvalue weighted by molar-refractivity contribution is 7.98. The second-order valence-corrected chi connectivity index (χ2v) is 6.22. The first-order chi connectivity index (χ1) is 11.2. The molecular weight excluding hydrogens is 308 g/mol. The monoisotopic (exact) mass is 326 g/mol. The largest absolute Gasteiger partial charge is 0.508 e. The number of thioether (sulfide) groups is 1. The third kappa shape index (κ3) is 3.54. The Morgan fingerprint density at radius 3 is 2.13 bits per heavy atom. The maximum atomic E-state index is 9.32. The van der Waals surface area contributed by atoms with Crippen molar-refractivity contribution in [1.82, 2.24) is 0 Å². The van der Waals surface area contributed by atoms with Crippen LogP contribution in [0.5, 0.6) is 17.2 Å². The van der Waals surface area contributed by atoms with Crippen LogP contribution in [0.1, 0.15) is 5.56 Å². The van der Waals surface area contributed by atoms with Crippen LogP contribution in [0.25, 0.3) is 10.8 Å². The van der Waals surface area contributed by atoms with Gasteiger partial charge in [-0.3, -0.25) is 0 Å². The van der Waals surface area contributed by atoms with Crippen LogP contribution in [0.2, 0.25) is 0 Å². The van der Waals surface area contributed by atoms with E-state index in [-0.39, 0.29) is 0 Å². The Morgan fingerprint density at radius 2 is 1.48 bits per heavy atom. The second kappa shape index (κ2) is 6.84. The molecule has 0 saturated heterocycles. The summed E-state index contributed by atoms with van der Waals surface area (Å²) in [6.45, 7) is 0. The SMILES string of the molecule is COc1cc2ccc(CSc3ccc(O)cc3)cc2cc1OC. The van der Waals surface area contributed by atoms with Gasteiger partial charge >= 0.3 is 0 Å². The molecule has 3 aromatic rings. The normalized spacial score (nSPS) is 10.7. The Balaban J connectivity index is 1.83. The van der Waals surface area contributed by atoms with E-state index in [0.29, 0.717) is 5.75 Å². The average molecular weight is 326 g/mol. The molecule has 0 unspecified atom stereocenters. The average Bonchev–Trinajstić information content (AvgIpc) is 2.59. The summed E-state index contributed by atoms with van der Waals surface area (Å²) in [4.78, 5) is 1.13. The molecule has 118 valence electrons. The minimum Gasteiger partial charge on any atom is -0.508 e. The fourth-order valence-electron chi connectivity index (χ4n) is 2.42. The Morgan fingerprint density at radius 1 is 0.826 bits per heavy atom. The maximum Gasteiger partial charge on any atom is 0.161 e. The standard InChI is InChI=1S/C19H18O3S/c1-21-18-10-14-4-3-13(9-15(14)11-19(18)22-2)12-23-17-7-5-16(20)6-8-17/h3-11,20H,12H2,1-2H3. The van der Waals surface area contributed by atoms with E-state index in [1.54, 1.807) is 38.1 Å². The van der Waals surface area contributed by atoms with Gasteiger partial charge in [-0.1, -0.05) is 18.2 Å². The molecule has 0 aromatic heterocycles. The number of phenolic OH excluding ortho intramolecular Hbond substituents is 1. The summed E-state index contributed by atoms with van der Waals surface area (Å²) in [5, 5.41) is 11.6. The molecule has 1 N–H and O–H groups in total. The lowest BCUT2D eigenvalue weighted by atomic mass is 10.1. The smallest absolute Gasteiger partial charge is 0.161 e. The van der Waals surface area contributed by atoms with Gasteiger partial charge in [-0.2, -0.15) is 0 Å². The van der Waals surface area contributed by atoms with Crippen molar-refractivity contribution in [1.29, 1.82) is 0 Å². The number of methoxy groups -OCH3 is 2. The van der Waals surface area contributed by atoms with Crippen molar-refractivity contribution in [3.63, 3.8) is 0 Å². The number of benzene rings is 3. The zero-order chi connectivity index (χ0) is 16.2. The zero-order valence-corrected chi connectivity index (χ0v) is 13.9. The molecule has 0 aliphatic rings. The third-order valence-electron chi connectivity index (χ3n) is 3.65. The van der Waals surface area contributed by atoms with E-state index < -0.39 is 0 Å². The van der Waals surface area contributed by atoms with Crippen molar-refractivity contribution in [3.8, 4) is 17.2 Å². The van der Waals surface area contributed by atoms with Crippen molar-refractivity contribution in [2.24, 2.45) is 0 Å². The molecule has 0 radical (unpaired) electrons. The second-order valence-electron chi connectivity index (χ2n) is 5.17. The van der Waals surface area contributed by atoms with Crippen molar-refractivity contribution in [2.75, 3.05) is 14.2 Å². The fourth-order valence-corrected chi connectivity index (χ4v) is 3.26. The zero-order valence-electron chi connectivity index (χ0n) is 13.1. The number of phenols is 1. The quantitative estimate of drug-likeness (QED) is 0.680. The molecular formula is C19H18O3S. The summed E-state index contributed by atoms with van der Waals surface area (Å²) in [6, 6.07) is 17.7. The maximum absolute atomic E-state index is 9.32. The van der Waals surface area contributed by atoms with Gasteiger partial charge in [0.15, 0.2) is 11.5 Å². The first-order valence-electron chi connectivity index (χ1n) is 7.26. The van der Waals surface area contributed by atoms with Crippen LogP contribution in [0.15, 0.2) is 59.5 Å². The summed E-state index contributed by atoms with van der Waals surface area (Å²) in [5.41, 5.74) is 1.24. The number of hydrogen-bond donors (Lipinski definition) is 1. The number of fused-ring (bicyclic) bond motifs is 1. The predicted molar refractivity (Wildman–Crippen MR) is 94.7 cm³/mol. The van der Waals surface area contributed by atoms with Gasteiger partial charge in [-0.05, 0) is 52.7 Å². The highest BCUT2D eigenvalue weighted by Gasteiger charge is 2.06. The molecule has 0 spiro atoms. The lowest BCUT2D eigenvalue weighted by Crippen LogP contribution is -1.91. The number of aromatic hydroxyl groups is 1. The Kier molecular flexibility index (Phi) is 4.63. The van der Waals surface area contributed by atoms with Gasteiger partial charge in [0.25, 0.3) is 0 Å². The van der Waals surface area contributed by atoms with Crippen LogP contribution in [-0.2, 0) is 5.75 Å². The van der Waals surface area contributed by atoms with Gasteiger partial charge in [0.05, 0.1) is 14.2 Å². The minimum atomic E-state index is 0.293. The summed E-state index contributed by atoms with van der Waals surface area (Å²) >= 11 is 1.74. The highest BCUT2D eigenvalue weighted by atomic mass is 32.2. The van der Waals surface area contributed by atoms with Crippen LogP contribution in [0, 0.1) is 0 Å². The Bertz CT molecular complexity index is 813. The predicted octanol–water partition coefficient (Wildman–Crippen LogP) is 4.85. The molecule has 0 bridgehead atoms. The van der Waals surface area contributed by atoms with E-state index in [0.717, 1.165) is 32.9 Å². The van der Waals surface area contributed by atoms with Gasteiger partial charge in [0.1, 0.15) is 5.75 Å². The van der Waals surface area contributed by atoms with Crippen LogP contribution >= 0.6 is 11.8 Å². The first-order valence-corrected chi connectivity index (χ1v) is 8.24. The highest BCUT2D eigenvalue weighted by Crippen LogP contribution is 2.33. The Labute approximate surface area is 139 Å². The molecule has 3 rings (SSSR count). The van der Waals surface area contributed by atoms with Gasteiger partial charge in [0.2, 0.25) is 0 Å². The molecule has 0 amide bonds. The molecule has 23 heavy (non-hydrogen) atoms. The van der Waals surface area contributed by atoms with Gasteiger partial charge in [-0.15, -0.1) is 11.8 Å². The van der Waals surface area contributed by atoms with Crippen LogP contribution < -0.4 is 9.47 Å². The van der Waals surface area contributed by atoms with E-state index in [2.05, 4.69) is 18.2 Å². The topological polar surface area (TPSA) is 38.7 Å². The van der Waals surface area contributed by atoms with Crippen LogP contribution in [-0.4, -0.2) is 19.3 Å². The van der Waals surface area contributed by atoms with Crippen molar-refractivity contribution >= 4 is 22.5 Å². The van der Waals surface area contributed by atoms with E-state index >= 15 is 0 Å². The van der Waals surface area contributed by atoms with E-state index in [1.807, 2.05) is 24.3 Å². The molecule has 0 heterocycles. The fraction of sp³-hybridized carbons (Fsp3) is 0.158. The van der Waals surface area contributed by atoms with Crippen molar-refractivity contribution < 1.29 is 14.6 Å². The van der Waals surface area contributed by atoms with Gasteiger partial charge < -0.3 is 14.6 Å². The number of ether oxygens (including phenoxy) is 2.